The number of methoxy groups -OCH3 is 1. The second-order valence-corrected chi connectivity index (χ2v) is 14.9. The molecule has 3 aromatic carbocycles. The number of esters is 1. The molecule has 44 heavy (non-hydrogen) atoms. The highest BCUT2D eigenvalue weighted by Gasteiger charge is 2.56. The second kappa shape index (κ2) is 11.0. The molecule has 1 saturated heterocycles. The average molecular weight is 676 g/mol. The predicted octanol–water partition coefficient (Wildman–Crippen LogP) is 7.27. The molecule has 0 N–H and O–H groups in total. The number of halogens is 1. The lowest BCUT2D eigenvalue weighted by Gasteiger charge is -2.42. The summed E-state index contributed by atoms with van der Waals surface area (Å²) in [7, 11) is -2.64. The first kappa shape index (κ1) is 29.5. The van der Waals surface area contributed by atoms with E-state index in [2.05, 4.69) is 59.8 Å². The van der Waals surface area contributed by atoms with Gasteiger partial charge in [-0.1, -0.05) is 79.2 Å². The van der Waals surface area contributed by atoms with E-state index in [1.54, 1.807) is 24.3 Å². The first-order chi connectivity index (χ1) is 21.1. The van der Waals surface area contributed by atoms with Gasteiger partial charge in [-0.25, -0.2) is 17.2 Å². The number of ether oxygens (including phenoxy) is 2. The van der Waals surface area contributed by atoms with Crippen molar-refractivity contribution in [3.63, 3.8) is 0 Å². The zero-order valence-electron chi connectivity index (χ0n) is 25.1. The van der Waals surface area contributed by atoms with E-state index in [-0.39, 0.29) is 23.0 Å². The third kappa shape index (κ3) is 4.42. The Morgan fingerprint density at radius 1 is 1.07 bits per heavy atom. The van der Waals surface area contributed by atoms with Crippen LogP contribution in [0.25, 0.3) is 10.9 Å². The Hall–Kier alpha value is -3.24. The van der Waals surface area contributed by atoms with Gasteiger partial charge in [-0.15, -0.1) is 0 Å². The normalized spacial score (nSPS) is 24.7. The summed E-state index contributed by atoms with van der Waals surface area (Å²) in [6.45, 7) is 6.47. The second-order valence-electron chi connectivity index (χ2n) is 12.2. The van der Waals surface area contributed by atoms with E-state index in [0.717, 1.165) is 16.3 Å². The van der Waals surface area contributed by atoms with Crippen LogP contribution in [-0.4, -0.2) is 42.7 Å². The minimum absolute atomic E-state index is 0.0926. The molecule has 0 unspecified atom stereocenters. The number of nitrogens with zero attached hydrogens (tertiary/aromatic N) is 2. The van der Waals surface area contributed by atoms with Crippen molar-refractivity contribution in [1.29, 1.82) is 0 Å². The van der Waals surface area contributed by atoms with Gasteiger partial charge < -0.3 is 9.47 Å². The molecule has 7 nitrogen and oxygen atoms in total. The fourth-order valence-corrected chi connectivity index (χ4v) is 9.38. The summed E-state index contributed by atoms with van der Waals surface area (Å²) >= 11 is 3.43. The van der Waals surface area contributed by atoms with Crippen LogP contribution in [0.3, 0.4) is 0 Å². The van der Waals surface area contributed by atoms with E-state index in [1.807, 2.05) is 36.4 Å². The summed E-state index contributed by atoms with van der Waals surface area (Å²) in [5.41, 5.74) is 5.48. The first-order valence-electron chi connectivity index (χ1n) is 15.1. The van der Waals surface area contributed by atoms with Crippen LogP contribution in [0.2, 0.25) is 0 Å². The van der Waals surface area contributed by atoms with Crippen molar-refractivity contribution in [3.8, 4) is 0 Å². The Morgan fingerprint density at radius 2 is 1.82 bits per heavy atom. The van der Waals surface area contributed by atoms with Gasteiger partial charge in [0.1, 0.15) is 6.23 Å². The van der Waals surface area contributed by atoms with Crippen molar-refractivity contribution < 1.29 is 22.7 Å². The van der Waals surface area contributed by atoms with Crippen molar-refractivity contribution >= 4 is 42.8 Å². The molecule has 0 saturated carbocycles. The molecular weight excluding hydrogens is 640 g/mol. The van der Waals surface area contributed by atoms with E-state index in [4.69, 9.17) is 9.47 Å². The number of para-hydroxylation sites is 1. The van der Waals surface area contributed by atoms with Crippen molar-refractivity contribution in [1.82, 2.24) is 8.87 Å². The van der Waals surface area contributed by atoms with Crippen molar-refractivity contribution in [2.24, 2.45) is 5.92 Å². The summed E-state index contributed by atoms with van der Waals surface area (Å²) in [5, 5.41) is 0.803. The summed E-state index contributed by atoms with van der Waals surface area (Å²) in [6, 6.07) is 22.0. The van der Waals surface area contributed by atoms with Gasteiger partial charge in [0.25, 0.3) is 10.0 Å². The van der Waals surface area contributed by atoms with Crippen LogP contribution < -0.4 is 0 Å². The molecule has 0 spiro atoms. The lowest BCUT2D eigenvalue weighted by molar-refractivity contribution is -0.139. The smallest absolute Gasteiger partial charge is 0.333 e. The highest BCUT2D eigenvalue weighted by molar-refractivity contribution is 9.10. The standard InChI is InChI=1S/C35H35BrN2O5S/c1-5-25-27(35(39)42-4)19-29(37-33-31(43-34(25)37)18-22-10-8-11-26(20(2)3)32(22)33)30-17-21-9-6-7-12-28(21)38(30)44(40,41)24-15-13-23(36)14-16-24/h6-17,19-20,25,29,31,33-34H,5,18H2,1-4H3/t25-,29-,31+,33+,34+/m0/s1. The van der Waals surface area contributed by atoms with Crippen LogP contribution in [0.4, 0.5) is 0 Å². The molecule has 3 aliphatic rings. The minimum atomic E-state index is -4.03. The summed E-state index contributed by atoms with van der Waals surface area (Å²) in [4.78, 5) is 15.8. The molecule has 4 aromatic rings. The molecule has 1 aromatic heterocycles. The predicted molar refractivity (Wildman–Crippen MR) is 173 cm³/mol. The third-order valence-corrected chi connectivity index (χ3v) is 11.7. The Morgan fingerprint density at radius 3 is 2.52 bits per heavy atom. The number of carbonyl (C=O) groups excluding carboxylic acids is 1. The van der Waals surface area contributed by atoms with Crippen molar-refractivity contribution in [3.05, 3.63) is 111 Å². The first-order valence-corrected chi connectivity index (χ1v) is 17.3. The monoisotopic (exact) mass is 674 g/mol. The zero-order valence-corrected chi connectivity index (χ0v) is 27.5. The van der Waals surface area contributed by atoms with Gasteiger partial charge in [0.2, 0.25) is 0 Å². The maximum atomic E-state index is 14.5. The fraction of sp³-hybridized carbons (Fsp3) is 0.343. The summed E-state index contributed by atoms with van der Waals surface area (Å²) in [5.74, 6) is -0.331. The Bertz CT molecular complexity index is 1910. The molecule has 3 heterocycles. The van der Waals surface area contributed by atoms with Gasteiger partial charge in [0.15, 0.2) is 0 Å². The van der Waals surface area contributed by atoms with E-state index in [9.17, 15) is 13.2 Å². The molecule has 1 fully saturated rings. The van der Waals surface area contributed by atoms with Crippen molar-refractivity contribution in [2.75, 3.05) is 7.11 Å². The molecule has 7 rings (SSSR count). The largest absolute Gasteiger partial charge is 0.466 e. The van der Waals surface area contributed by atoms with Crippen LogP contribution in [0.15, 0.2) is 93.8 Å². The van der Waals surface area contributed by atoms with Gasteiger partial charge in [-0.3, -0.25) is 4.90 Å². The zero-order chi connectivity index (χ0) is 30.9. The van der Waals surface area contributed by atoms with E-state index in [0.29, 0.717) is 29.1 Å². The van der Waals surface area contributed by atoms with Gasteiger partial charge in [-0.2, -0.15) is 0 Å². The fourth-order valence-electron chi connectivity index (χ4n) is 7.56. The highest BCUT2D eigenvalue weighted by Crippen LogP contribution is 2.55. The van der Waals surface area contributed by atoms with Crippen LogP contribution in [0.1, 0.15) is 67.6 Å². The van der Waals surface area contributed by atoms with Gasteiger partial charge >= 0.3 is 5.97 Å². The maximum Gasteiger partial charge on any atom is 0.333 e. The molecule has 5 atom stereocenters. The minimum Gasteiger partial charge on any atom is -0.466 e. The summed E-state index contributed by atoms with van der Waals surface area (Å²) in [6.07, 6.45) is 2.84. The average Bonchev–Trinajstić information content (AvgIpc) is 3.70. The molecule has 1 aliphatic carbocycles. The van der Waals surface area contributed by atoms with Gasteiger partial charge in [0.05, 0.1) is 41.4 Å². The van der Waals surface area contributed by atoms with Crippen LogP contribution in [0.5, 0.6) is 0 Å². The molecule has 0 bridgehead atoms. The number of hydrogen-bond acceptors (Lipinski definition) is 6. The number of rotatable bonds is 6. The molecule has 9 heteroatoms. The Labute approximate surface area is 266 Å². The number of fused-ring (bicyclic) bond motifs is 6. The molecule has 0 radical (unpaired) electrons. The molecule has 228 valence electrons. The third-order valence-electron chi connectivity index (χ3n) is 9.46. The molecule has 0 amide bonds. The van der Waals surface area contributed by atoms with E-state index >= 15 is 0 Å². The highest BCUT2D eigenvalue weighted by atomic mass is 79.9. The van der Waals surface area contributed by atoms with E-state index in [1.165, 1.54) is 27.8 Å². The van der Waals surface area contributed by atoms with E-state index < -0.39 is 28.3 Å². The Balaban J connectivity index is 1.50. The summed E-state index contributed by atoms with van der Waals surface area (Å²) < 4.78 is 43.5. The number of carbonyl (C=O) groups is 1. The molecular formula is C35H35BrN2O5S. The van der Waals surface area contributed by atoms with Crippen LogP contribution in [0, 0.1) is 5.92 Å². The van der Waals surface area contributed by atoms with Crippen LogP contribution in [-0.2, 0) is 30.7 Å². The van der Waals surface area contributed by atoms with Gasteiger partial charge in [-0.05, 0) is 65.4 Å². The lowest BCUT2D eigenvalue weighted by atomic mass is 9.84. The molecule has 2 aliphatic heterocycles. The van der Waals surface area contributed by atoms with Gasteiger partial charge in [0, 0.05) is 27.8 Å². The Kier molecular flexibility index (Phi) is 7.35. The lowest BCUT2D eigenvalue weighted by Crippen LogP contribution is -2.46. The number of hydrogen-bond donors (Lipinski definition) is 0. The van der Waals surface area contributed by atoms with Crippen LogP contribution >= 0.6 is 15.9 Å². The topological polar surface area (TPSA) is 77.8 Å². The maximum absolute atomic E-state index is 14.5. The number of aromatic nitrogens is 1. The van der Waals surface area contributed by atoms with Crippen molar-refractivity contribution in [2.45, 2.75) is 68.8 Å². The number of benzene rings is 3. The quantitative estimate of drug-likeness (QED) is 0.200. The SMILES string of the molecule is CC[C@H]1C(C(=O)OC)=C[C@@H](c2cc3ccccc3n2S(=O)(=O)c2ccc(Br)cc2)N2[C@@H]1O[C@@H]1Cc3cccc(C(C)C)c3[C@@H]12.